The third-order valence-electron chi connectivity index (χ3n) is 2.41. The van der Waals surface area contributed by atoms with E-state index in [-0.39, 0.29) is 11.9 Å². The molecule has 0 spiro atoms. The van der Waals surface area contributed by atoms with Crippen LogP contribution in [0.4, 0.5) is 0 Å². The highest BCUT2D eigenvalue weighted by Gasteiger charge is 2.12. The fourth-order valence-electron chi connectivity index (χ4n) is 1.62. The second kappa shape index (κ2) is 5.40. The quantitative estimate of drug-likeness (QED) is 0.910. The molecule has 2 rings (SSSR count). The molecule has 1 aromatic rings. The monoisotopic (exact) mass is 307 g/mol. The topological polar surface area (TPSA) is 38.3 Å². The van der Waals surface area contributed by atoms with Gasteiger partial charge >= 0.3 is 0 Å². The minimum absolute atomic E-state index is 0.0994. The summed E-state index contributed by atoms with van der Waals surface area (Å²) >= 11 is 3.41. The smallest absolute Gasteiger partial charge is 0.251 e. The summed E-state index contributed by atoms with van der Waals surface area (Å²) in [6.07, 6.45) is 5.03. The molecule has 1 aromatic carbocycles. The van der Waals surface area contributed by atoms with Gasteiger partial charge in [0.15, 0.2) is 0 Å². The molecule has 0 fully saturated rings. The van der Waals surface area contributed by atoms with Crippen molar-refractivity contribution in [3.63, 3.8) is 0 Å². The van der Waals surface area contributed by atoms with E-state index in [9.17, 15) is 4.79 Å². The molecule has 0 unspecified atom stereocenters. The summed E-state index contributed by atoms with van der Waals surface area (Å²) in [5.41, 5.74) is 1.46. The van der Waals surface area contributed by atoms with Gasteiger partial charge in [0, 0.05) is 21.7 Å². The molecule has 0 radical (unpaired) electrons. The van der Waals surface area contributed by atoms with Gasteiger partial charge in [-0.1, -0.05) is 15.9 Å². The van der Waals surface area contributed by atoms with Crippen LogP contribution in [-0.4, -0.2) is 11.9 Å². The number of benzene rings is 1. The Morgan fingerprint density at radius 3 is 2.89 bits per heavy atom. The Morgan fingerprint density at radius 2 is 2.17 bits per heavy atom. The Bertz CT molecular complexity index is 533. The number of hydrogen-bond acceptors (Lipinski definition) is 2. The van der Waals surface area contributed by atoms with Crippen LogP contribution in [0.1, 0.15) is 19.4 Å². The molecule has 0 bridgehead atoms. The second-order valence-electron chi connectivity index (χ2n) is 4.33. The SMILES string of the molecule is CC(C)NC(=O)C1=Cc2cc(Br)ccc2OC=C1. The Morgan fingerprint density at radius 1 is 1.39 bits per heavy atom. The predicted molar refractivity (Wildman–Crippen MR) is 75.2 cm³/mol. The average Bonchev–Trinajstić information content (AvgIpc) is 2.49. The first-order valence-corrected chi connectivity index (χ1v) is 6.51. The van der Waals surface area contributed by atoms with Gasteiger partial charge in [0.2, 0.25) is 0 Å². The van der Waals surface area contributed by atoms with E-state index in [0.29, 0.717) is 5.57 Å². The summed E-state index contributed by atoms with van der Waals surface area (Å²) in [6.45, 7) is 3.86. The minimum atomic E-state index is -0.0994. The third-order valence-corrected chi connectivity index (χ3v) is 2.90. The number of carbonyl (C=O) groups is 1. The van der Waals surface area contributed by atoms with Gasteiger partial charge in [-0.05, 0) is 44.2 Å². The zero-order chi connectivity index (χ0) is 13.1. The molecule has 1 aliphatic rings. The van der Waals surface area contributed by atoms with Crippen molar-refractivity contribution < 1.29 is 9.53 Å². The second-order valence-corrected chi connectivity index (χ2v) is 5.25. The molecule has 3 nitrogen and oxygen atoms in total. The van der Waals surface area contributed by atoms with Crippen LogP contribution in [-0.2, 0) is 4.79 Å². The molecule has 0 saturated heterocycles. The van der Waals surface area contributed by atoms with Gasteiger partial charge in [0.05, 0.1) is 6.26 Å². The van der Waals surface area contributed by atoms with Crippen LogP contribution >= 0.6 is 15.9 Å². The Kier molecular flexibility index (Phi) is 3.87. The molecule has 18 heavy (non-hydrogen) atoms. The maximum Gasteiger partial charge on any atom is 0.251 e. The molecule has 4 heteroatoms. The predicted octanol–water partition coefficient (Wildman–Crippen LogP) is 3.26. The zero-order valence-electron chi connectivity index (χ0n) is 10.2. The van der Waals surface area contributed by atoms with Crippen LogP contribution in [0, 0.1) is 0 Å². The lowest BCUT2D eigenvalue weighted by atomic mass is 10.1. The van der Waals surface area contributed by atoms with Gasteiger partial charge in [-0.2, -0.15) is 0 Å². The van der Waals surface area contributed by atoms with E-state index >= 15 is 0 Å². The minimum Gasteiger partial charge on any atom is -0.464 e. The summed E-state index contributed by atoms with van der Waals surface area (Å²) in [7, 11) is 0. The molecular formula is C14H14BrNO2. The fraction of sp³-hybridized carbons (Fsp3) is 0.214. The molecule has 94 valence electrons. The highest BCUT2D eigenvalue weighted by Crippen LogP contribution is 2.27. The number of ether oxygens (including phenoxy) is 1. The summed E-state index contributed by atoms with van der Waals surface area (Å²) in [4.78, 5) is 12.0. The highest BCUT2D eigenvalue weighted by atomic mass is 79.9. The molecule has 0 atom stereocenters. The Labute approximate surface area is 115 Å². The van der Waals surface area contributed by atoms with E-state index in [1.807, 2.05) is 38.1 Å². The normalized spacial score (nSPS) is 13.4. The molecule has 0 aromatic heterocycles. The molecular weight excluding hydrogens is 294 g/mol. The van der Waals surface area contributed by atoms with Gasteiger partial charge in [0.25, 0.3) is 5.91 Å². The maximum absolute atomic E-state index is 12.0. The van der Waals surface area contributed by atoms with Crippen molar-refractivity contribution in [1.29, 1.82) is 0 Å². The molecule has 1 N–H and O–H groups in total. The van der Waals surface area contributed by atoms with E-state index in [4.69, 9.17) is 4.74 Å². The molecule has 1 aliphatic heterocycles. The summed E-state index contributed by atoms with van der Waals surface area (Å²) in [5.74, 6) is 0.638. The number of amides is 1. The summed E-state index contributed by atoms with van der Waals surface area (Å²) in [5, 5.41) is 2.86. The summed E-state index contributed by atoms with van der Waals surface area (Å²) in [6, 6.07) is 5.80. The summed E-state index contributed by atoms with van der Waals surface area (Å²) < 4.78 is 6.41. The number of nitrogens with one attached hydrogen (secondary N) is 1. The molecule has 0 aliphatic carbocycles. The zero-order valence-corrected chi connectivity index (χ0v) is 11.8. The van der Waals surface area contributed by atoms with Crippen LogP contribution in [0.5, 0.6) is 5.75 Å². The first-order valence-electron chi connectivity index (χ1n) is 5.71. The van der Waals surface area contributed by atoms with Crippen molar-refractivity contribution >= 4 is 27.9 Å². The van der Waals surface area contributed by atoms with Gasteiger partial charge in [-0.15, -0.1) is 0 Å². The van der Waals surface area contributed by atoms with Crippen molar-refractivity contribution in [2.45, 2.75) is 19.9 Å². The Balaban J connectivity index is 2.35. The van der Waals surface area contributed by atoms with E-state index in [0.717, 1.165) is 15.8 Å². The third kappa shape index (κ3) is 3.01. The van der Waals surface area contributed by atoms with Gasteiger partial charge < -0.3 is 10.1 Å². The van der Waals surface area contributed by atoms with Crippen LogP contribution in [0.25, 0.3) is 6.08 Å². The lowest BCUT2D eigenvalue weighted by Gasteiger charge is -2.08. The largest absolute Gasteiger partial charge is 0.464 e. The lowest BCUT2D eigenvalue weighted by Crippen LogP contribution is -2.30. The number of hydrogen-bond donors (Lipinski definition) is 1. The highest BCUT2D eigenvalue weighted by molar-refractivity contribution is 9.10. The number of halogens is 1. The van der Waals surface area contributed by atoms with Crippen LogP contribution < -0.4 is 10.1 Å². The first kappa shape index (κ1) is 12.9. The van der Waals surface area contributed by atoms with Crippen molar-refractivity contribution in [1.82, 2.24) is 5.32 Å². The standard InChI is InChI=1S/C14H14BrNO2/c1-9(2)16-14(17)10-5-6-18-13-4-3-12(15)8-11(13)7-10/h3-9H,1-2H3,(H,16,17). The van der Waals surface area contributed by atoms with Crippen molar-refractivity contribution in [2.24, 2.45) is 0 Å². The number of rotatable bonds is 2. The van der Waals surface area contributed by atoms with Gasteiger partial charge in [-0.25, -0.2) is 0 Å². The maximum atomic E-state index is 12.0. The molecule has 1 heterocycles. The van der Waals surface area contributed by atoms with E-state index < -0.39 is 0 Å². The van der Waals surface area contributed by atoms with E-state index in [1.54, 1.807) is 6.08 Å². The van der Waals surface area contributed by atoms with E-state index in [1.165, 1.54) is 6.26 Å². The average molecular weight is 308 g/mol. The van der Waals surface area contributed by atoms with Crippen molar-refractivity contribution in [2.75, 3.05) is 0 Å². The molecule has 1 amide bonds. The Hall–Kier alpha value is -1.55. The number of carbonyl (C=O) groups excluding carboxylic acids is 1. The van der Waals surface area contributed by atoms with Crippen molar-refractivity contribution in [3.05, 3.63) is 46.1 Å². The van der Waals surface area contributed by atoms with Gasteiger partial charge in [-0.3, -0.25) is 4.79 Å². The van der Waals surface area contributed by atoms with Crippen molar-refractivity contribution in [3.8, 4) is 5.75 Å². The van der Waals surface area contributed by atoms with E-state index in [2.05, 4.69) is 21.2 Å². The number of fused-ring (bicyclic) bond motifs is 1. The van der Waals surface area contributed by atoms with Crippen LogP contribution in [0.15, 0.2) is 40.6 Å². The molecule has 0 saturated carbocycles. The van der Waals surface area contributed by atoms with Crippen LogP contribution in [0.3, 0.4) is 0 Å². The van der Waals surface area contributed by atoms with Crippen LogP contribution in [0.2, 0.25) is 0 Å². The van der Waals surface area contributed by atoms with Gasteiger partial charge in [0.1, 0.15) is 5.75 Å². The lowest BCUT2D eigenvalue weighted by molar-refractivity contribution is -0.117. The fourth-order valence-corrected chi connectivity index (χ4v) is 2.00. The first-order chi connectivity index (χ1) is 8.56.